The van der Waals surface area contributed by atoms with Gasteiger partial charge in [0.2, 0.25) is 0 Å². The molecule has 0 aromatic carbocycles. The maximum Gasteiger partial charge on any atom is 0.574 e. The van der Waals surface area contributed by atoms with Gasteiger partial charge in [-0.05, 0) is 6.07 Å². The van der Waals surface area contributed by atoms with Crippen molar-refractivity contribution in [2.75, 3.05) is 0 Å². The van der Waals surface area contributed by atoms with Gasteiger partial charge in [0.05, 0.1) is 18.0 Å². The average molecular weight is 286 g/mol. The van der Waals surface area contributed by atoms with Gasteiger partial charge in [0.1, 0.15) is 0 Å². The molecule has 1 aromatic heterocycles. The molecule has 9 heteroatoms. The van der Waals surface area contributed by atoms with E-state index in [1.165, 1.54) is 0 Å². The minimum atomic E-state index is -5.05. The minimum absolute atomic E-state index is 0.0952. The van der Waals surface area contributed by atoms with E-state index in [-0.39, 0.29) is 17.1 Å². The summed E-state index contributed by atoms with van der Waals surface area (Å²) in [5.74, 6) is -3.57. The van der Waals surface area contributed by atoms with Crippen molar-refractivity contribution in [1.29, 1.82) is 0 Å². The highest BCUT2D eigenvalue weighted by Crippen LogP contribution is 2.33. The second kappa shape index (κ2) is 5.30. The lowest BCUT2D eigenvalue weighted by molar-refractivity contribution is -0.276. The van der Waals surface area contributed by atoms with E-state index >= 15 is 0 Å². The van der Waals surface area contributed by atoms with Gasteiger partial charge in [-0.2, -0.15) is 0 Å². The molecule has 0 aliphatic heterocycles. The van der Waals surface area contributed by atoms with Crippen LogP contribution in [-0.4, -0.2) is 27.5 Å². The highest BCUT2D eigenvalue weighted by molar-refractivity contribution is 6.17. The summed E-state index contributed by atoms with van der Waals surface area (Å²) in [5.41, 5.74) is -0.294. The van der Waals surface area contributed by atoms with Gasteiger partial charge in [0.15, 0.2) is 5.75 Å². The molecule has 1 rings (SSSR count). The van der Waals surface area contributed by atoms with Crippen LogP contribution in [-0.2, 0) is 17.1 Å². The second-order valence-electron chi connectivity index (χ2n) is 3.18. The molecule has 0 fully saturated rings. The third-order valence-electron chi connectivity index (χ3n) is 1.78. The van der Waals surface area contributed by atoms with Gasteiger partial charge in [-0.25, -0.2) is 4.98 Å². The van der Waals surface area contributed by atoms with Gasteiger partial charge in [0.25, 0.3) is 5.88 Å². The molecule has 100 valence electrons. The number of aromatic nitrogens is 1. The lowest BCUT2D eigenvalue weighted by atomic mass is 10.2. The third kappa shape index (κ3) is 3.95. The molecule has 0 radical (unpaired) electrons. The SMILES string of the molecule is O=C(O)Cc1cc(CCl)c(O)c(OC(F)(F)F)n1. The van der Waals surface area contributed by atoms with Crippen LogP contribution in [0.1, 0.15) is 11.3 Å². The molecule has 5 nitrogen and oxygen atoms in total. The Kier molecular flexibility index (Phi) is 4.23. The predicted octanol–water partition coefficient (Wildman–Crippen LogP) is 2.05. The van der Waals surface area contributed by atoms with Gasteiger partial charge in [-0.15, -0.1) is 24.8 Å². The number of carboxylic acid groups (broad SMARTS) is 1. The van der Waals surface area contributed by atoms with E-state index in [9.17, 15) is 23.1 Å². The Morgan fingerprint density at radius 1 is 1.50 bits per heavy atom. The van der Waals surface area contributed by atoms with Crippen LogP contribution in [0, 0.1) is 0 Å². The number of aliphatic carboxylic acids is 1. The molecule has 0 bridgehead atoms. The van der Waals surface area contributed by atoms with Crippen molar-refractivity contribution in [2.24, 2.45) is 0 Å². The van der Waals surface area contributed by atoms with Crippen molar-refractivity contribution in [3.05, 3.63) is 17.3 Å². The van der Waals surface area contributed by atoms with Crippen molar-refractivity contribution < 1.29 is 32.9 Å². The van der Waals surface area contributed by atoms with Crippen LogP contribution in [0.2, 0.25) is 0 Å². The topological polar surface area (TPSA) is 79.7 Å². The van der Waals surface area contributed by atoms with Crippen LogP contribution in [0.3, 0.4) is 0 Å². The molecule has 0 unspecified atom stereocenters. The molecule has 0 amide bonds. The fourth-order valence-electron chi connectivity index (χ4n) is 1.15. The number of hydrogen-bond donors (Lipinski definition) is 2. The molecule has 0 saturated carbocycles. The molecule has 0 saturated heterocycles. The zero-order valence-electron chi connectivity index (χ0n) is 8.66. The van der Waals surface area contributed by atoms with Gasteiger partial charge in [0, 0.05) is 5.56 Å². The molecule has 0 aliphatic rings. The predicted molar refractivity (Wildman–Crippen MR) is 53.5 cm³/mol. The van der Waals surface area contributed by atoms with Crippen LogP contribution in [0.15, 0.2) is 6.07 Å². The van der Waals surface area contributed by atoms with E-state index in [4.69, 9.17) is 16.7 Å². The van der Waals surface area contributed by atoms with Crippen molar-refractivity contribution in [3.8, 4) is 11.6 Å². The largest absolute Gasteiger partial charge is 0.574 e. The fourth-order valence-corrected chi connectivity index (χ4v) is 1.35. The number of nitrogens with zero attached hydrogens (tertiary/aromatic N) is 1. The lowest BCUT2D eigenvalue weighted by Gasteiger charge is -2.12. The number of ether oxygens (including phenoxy) is 1. The quantitative estimate of drug-likeness (QED) is 0.828. The Morgan fingerprint density at radius 3 is 2.56 bits per heavy atom. The first-order chi connectivity index (χ1) is 8.23. The normalized spacial score (nSPS) is 11.3. The van der Waals surface area contributed by atoms with Gasteiger partial charge >= 0.3 is 12.3 Å². The van der Waals surface area contributed by atoms with Crippen molar-refractivity contribution >= 4 is 17.6 Å². The summed E-state index contributed by atoms with van der Waals surface area (Å²) in [6.07, 6.45) is -5.66. The maximum atomic E-state index is 12.0. The van der Waals surface area contributed by atoms with E-state index in [2.05, 4.69) is 9.72 Å². The molecule has 1 aromatic rings. The van der Waals surface area contributed by atoms with Crippen molar-refractivity contribution in [1.82, 2.24) is 4.98 Å². The van der Waals surface area contributed by atoms with E-state index in [1.54, 1.807) is 0 Å². The standard InChI is InChI=1S/C9H7ClF3NO4/c10-3-4-1-5(2-6(15)16)14-8(7(4)17)18-9(11,12)13/h1,17H,2-3H2,(H,15,16). The monoisotopic (exact) mass is 285 g/mol. The summed E-state index contributed by atoms with van der Waals surface area (Å²) in [6.45, 7) is 0. The van der Waals surface area contributed by atoms with E-state index in [0.717, 1.165) is 6.07 Å². The first-order valence-corrected chi connectivity index (χ1v) is 5.01. The average Bonchev–Trinajstić information content (AvgIpc) is 2.19. The number of carbonyl (C=O) groups is 1. The number of rotatable bonds is 4. The maximum absolute atomic E-state index is 12.0. The number of hydrogen-bond acceptors (Lipinski definition) is 4. The molecule has 0 spiro atoms. The number of aromatic hydroxyl groups is 1. The van der Waals surface area contributed by atoms with Crippen LogP contribution < -0.4 is 4.74 Å². The zero-order chi connectivity index (χ0) is 13.9. The van der Waals surface area contributed by atoms with Gasteiger partial charge in [-0.1, -0.05) is 0 Å². The van der Waals surface area contributed by atoms with E-state index < -0.39 is 30.4 Å². The smallest absolute Gasteiger partial charge is 0.503 e. The third-order valence-corrected chi connectivity index (χ3v) is 2.07. The first kappa shape index (κ1) is 14.4. The first-order valence-electron chi connectivity index (χ1n) is 4.48. The Hall–Kier alpha value is -1.70. The van der Waals surface area contributed by atoms with E-state index in [0.29, 0.717) is 0 Å². The van der Waals surface area contributed by atoms with Crippen LogP contribution >= 0.6 is 11.6 Å². The molecular formula is C9H7ClF3NO4. The lowest BCUT2D eigenvalue weighted by Crippen LogP contribution is -2.19. The van der Waals surface area contributed by atoms with E-state index in [1.807, 2.05) is 0 Å². The Balaban J connectivity index is 3.18. The van der Waals surface area contributed by atoms with Gasteiger partial charge < -0.3 is 14.9 Å². The second-order valence-corrected chi connectivity index (χ2v) is 3.45. The molecule has 18 heavy (non-hydrogen) atoms. The highest BCUT2D eigenvalue weighted by atomic mass is 35.5. The molecule has 0 aliphatic carbocycles. The summed E-state index contributed by atoms with van der Waals surface area (Å²) >= 11 is 5.41. The summed E-state index contributed by atoms with van der Waals surface area (Å²) in [7, 11) is 0. The Bertz CT molecular complexity index is 464. The summed E-state index contributed by atoms with van der Waals surface area (Å²) in [4.78, 5) is 13.7. The summed E-state index contributed by atoms with van der Waals surface area (Å²) < 4.78 is 39.6. The highest BCUT2D eigenvalue weighted by Gasteiger charge is 2.34. The Morgan fingerprint density at radius 2 is 2.11 bits per heavy atom. The van der Waals surface area contributed by atoms with Crippen LogP contribution in [0.25, 0.3) is 0 Å². The zero-order valence-corrected chi connectivity index (χ0v) is 9.42. The molecular weight excluding hydrogens is 279 g/mol. The number of halogens is 4. The summed E-state index contributed by atoms with van der Waals surface area (Å²) in [5, 5.41) is 17.9. The van der Waals surface area contributed by atoms with Crippen molar-refractivity contribution in [3.63, 3.8) is 0 Å². The minimum Gasteiger partial charge on any atom is -0.503 e. The van der Waals surface area contributed by atoms with Gasteiger partial charge in [-0.3, -0.25) is 4.79 Å². The number of pyridine rings is 1. The Labute approximate surface area is 104 Å². The molecule has 0 atom stereocenters. The number of carboxylic acids is 1. The fraction of sp³-hybridized carbons (Fsp3) is 0.333. The van der Waals surface area contributed by atoms with Crippen molar-refractivity contribution in [2.45, 2.75) is 18.7 Å². The summed E-state index contributed by atoms with van der Waals surface area (Å²) in [6, 6.07) is 1.10. The molecule has 1 heterocycles. The van der Waals surface area contributed by atoms with Crippen LogP contribution in [0.4, 0.5) is 13.2 Å². The number of alkyl halides is 4. The molecule has 2 N–H and O–H groups in total. The van der Waals surface area contributed by atoms with Crippen LogP contribution in [0.5, 0.6) is 11.6 Å².